The van der Waals surface area contributed by atoms with Crippen molar-refractivity contribution in [3.8, 4) is 0 Å². The van der Waals surface area contributed by atoms with Gasteiger partial charge in [0.15, 0.2) is 5.69 Å². The molecule has 3 aromatic rings. The van der Waals surface area contributed by atoms with Gasteiger partial charge in [-0.1, -0.05) is 29.8 Å². The van der Waals surface area contributed by atoms with Gasteiger partial charge < -0.3 is 5.32 Å². The minimum atomic E-state index is -4.59. The topological polar surface area (TPSA) is 64.7 Å². The Morgan fingerprint density at radius 2 is 1.89 bits per heavy atom. The van der Waals surface area contributed by atoms with Crippen molar-refractivity contribution in [1.82, 2.24) is 19.6 Å². The van der Waals surface area contributed by atoms with E-state index in [4.69, 9.17) is 11.6 Å². The molecule has 0 fully saturated rings. The van der Waals surface area contributed by atoms with Crippen LogP contribution in [0.4, 0.5) is 18.9 Å². The van der Waals surface area contributed by atoms with Gasteiger partial charge in [-0.15, -0.1) is 0 Å². The lowest BCUT2D eigenvalue weighted by Crippen LogP contribution is -2.14. The number of amides is 1. The number of halogens is 4. The van der Waals surface area contributed by atoms with Crippen LogP contribution in [0, 0.1) is 13.8 Å². The number of alkyl halides is 3. The molecule has 2 aromatic heterocycles. The Kier molecular flexibility index (Phi) is 5.20. The molecule has 0 aliphatic rings. The monoisotopic (exact) mass is 411 g/mol. The van der Waals surface area contributed by atoms with Crippen LogP contribution < -0.4 is 5.32 Å². The van der Waals surface area contributed by atoms with Crippen molar-refractivity contribution in [2.75, 3.05) is 5.32 Å². The third-order valence-corrected chi connectivity index (χ3v) is 4.67. The van der Waals surface area contributed by atoms with Crippen molar-refractivity contribution in [2.45, 2.75) is 26.6 Å². The van der Waals surface area contributed by atoms with Crippen LogP contribution in [0.1, 0.15) is 33.1 Å². The Morgan fingerprint density at radius 3 is 2.50 bits per heavy atom. The minimum absolute atomic E-state index is 0.326. The number of nitrogens with one attached hydrogen (secondary N) is 1. The highest BCUT2D eigenvalue weighted by atomic mass is 35.5. The average Bonchev–Trinajstić information content (AvgIpc) is 3.12. The predicted molar refractivity (Wildman–Crippen MR) is 98.4 cm³/mol. The normalized spacial score (nSPS) is 11.7. The number of carbonyl (C=O) groups is 1. The smallest absolute Gasteiger partial charge is 0.317 e. The van der Waals surface area contributed by atoms with E-state index in [0.717, 1.165) is 12.6 Å². The Labute approximate surface area is 163 Å². The second-order valence-electron chi connectivity index (χ2n) is 6.29. The number of nitrogens with zero attached hydrogens (tertiary/aromatic N) is 4. The summed E-state index contributed by atoms with van der Waals surface area (Å²) in [6.07, 6.45) is -4.59. The number of hydrogen-bond acceptors (Lipinski definition) is 3. The van der Waals surface area contributed by atoms with Gasteiger partial charge >= 0.3 is 6.18 Å². The van der Waals surface area contributed by atoms with Crippen LogP contribution in [0.2, 0.25) is 5.02 Å². The Hall–Kier alpha value is -2.81. The third kappa shape index (κ3) is 3.89. The summed E-state index contributed by atoms with van der Waals surface area (Å²) in [5.41, 5.74) is 1.14. The largest absolute Gasteiger partial charge is 0.433 e. The molecule has 1 aromatic carbocycles. The third-order valence-electron chi connectivity index (χ3n) is 4.30. The van der Waals surface area contributed by atoms with Gasteiger partial charge in [-0.3, -0.25) is 14.2 Å². The van der Waals surface area contributed by atoms with Crippen molar-refractivity contribution in [3.63, 3.8) is 0 Å². The summed E-state index contributed by atoms with van der Waals surface area (Å²) >= 11 is 6.18. The first-order valence-corrected chi connectivity index (χ1v) is 8.65. The Morgan fingerprint density at radius 1 is 1.21 bits per heavy atom. The predicted octanol–water partition coefficient (Wildman–Crippen LogP) is 4.21. The van der Waals surface area contributed by atoms with E-state index in [1.807, 2.05) is 18.2 Å². The standard InChI is InChI=1S/C18H17ClF3N5O/c1-10-16(11(2)27(24-10)9-12-6-4-5-7-13(12)19)23-17(28)14-8-15(18(20,21)22)26(3)25-14/h4-8H,9H2,1-3H3,(H,23,28). The number of hydrogen-bond donors (Lipinski definition) is 1. The van der Waals surface area contributed by atoms with E-state index in [2.05, 4.69) is 15.5 Å². The van der Waals surface area contributed by atoms with Gasteiger partial charge in [-0.05, 0) is 25.5 Å². The second-order valence-corrected chi connectivity index (χ2v) is 6.69. The van der Waals surface area contributed by atoms with Gasteiger partial charge in [0.1, 0.15) is 5.69 Å². The number of carbonyl (C=O) groups excluding carboxylic acids is 1. The highest BCUT2D eigenvalue weighted by molar-refractivity contribution is 6.31. The highest BCUT2D eigenvalue weighted by Gasteiger charge is 2.35. The van der Waals surface area contributed by atoms with Gasteiger partial charge in [0.2, 0.25) is 0 Å². The van der Waals surface area contributed by atoms with Gasteiger partial charge in [0.25, 0.3) is 5.91 Å². The molecule has 6 nitrogen and oxygen atoms in total. The summed E-state index contributed by atoms with van der Waals surface area (Å²) in [6, 6.07) is 8.03. The number of aromatic nitrogens is 4. The van der Waals surface area contributed by atoms with Crippen LogP contribution in [-0.4, -0.2) is 25.5 Å². The van der Waals surface area contributed by atoms with Gasteiger partial charge in [0, 0.05) is 18.1 Å². The lowest BCUT2D eigenvalue weighted by Gasteiger charge is -2.08. The first kappa shape index (κ1) is 19.9. The van der Waals surface area contributed by atoms with E-state index < -0.39 is 17.8 Å². The van der Waals surface area contributed by atoms with Gasteiger partial charge in [0.05, 0.1) is 23.6 Å². The van der Waals surface area contributed by atoms with Gasteiger partial charge in [-0.2, -0.15) is 23.4 Å². The van der Waals surface area contributed by atoms with E-state index in [9.17, 15) is 18.0 Å². The van der Waals surface area contributed by atoms with Gasteiger partial charge in [-0.25, -0.2) is 0 Å². The molecule has 0 atom stereocenters. The molecule has 0 saturated carbocycles. The van der Waals surface area contributed by atoms with Crippen LogP contribution in [-0.2, 0) is 19.8 Å². The molecule has 0 bridgehead atoms. The zero-order valence-corrected chi connectivity index (χ0v) is 16.1. The molecule has 0 saturated heterocycles. The second kappa shape index (κ2) is 7.31. The molecule has 1 amide bonds. The maximum absolute atomic E-state index is 12.9. The molecular formula is C18H17ClF3N5O. The molecule has 148 valence electrons. The van der Waals surface area contributed by atoms with Crippen LogP contribution in [0.5, 0.6) is 0 Å². The molecule has 10 heteroatoms. The fourth-order valence-corrected chi connectivity index (χ4v) is 3.04. The van der Waals surface area contributed by atoms with Crippen LogP contribution in [0.3, 0.4) is 0 Å². The molecule has 2 heterocycles. The SMILES string of the molecule is Cc1nn(Cc2ccccc2Cl)c(C)c1NC(=O)c1cc(C(F)(F)F)n(C)n1. The quantitative estimate of drug-likeness (QED) is 0.699. The molecule has 0 aliphatic carbocycles. The van der Waals surface area contributed by atoms with E-state index >= 15 is 0 Å². The molecule has 3 rings (SSSR count). The summed E-state index contributed by atoms with van der Waals surface area (Å²) in [5, 5.41) is 11.3. The van der Waals surface area contributed by atoms with Crippen molar-refractivity contribution < 1.29 is 18.0 Å². The van der Waals surface area contributed by atoms with Crippen molar-refractivity contribution in [2.24, 2.45) is 7.05 Å². The number of benzene rings is 1. The summed E-state index contributed by atoms with van der Waals surface area (Å²) in [6.45, 7) is 3.85. The zero-order chi connectivity index (χ0) is 20.6. The number of anilines is 1. The van der Waals surface area contributed by atoms with Crippen LogP contribution >= 0.6 is 11.6 Å². The lowest BCUT2D eigenvalue weighted by molar-refractivity contribution is -0.143. The summed E-state index contributed by atoms with van der Waals surface area (Å²) < 4.78 is 41.0. The minimum Gasteiger partial charge on any atom is -0.317 e. The molecule has 0 spiro atoms. The number of rotatable bonds is 4. The first-order valence-electron chi connectivity index (χ1n) is 8.28. The molecule has 0 aliphatic heterocycles. The van der Waals surface area contributed by atoms with Crippen LogP contribution in [0.25, 0.3) is 0 Å². The van der Waals surface area contributed by atoms with E-state index in [-0.39, 0.29) is 5.69 Å². The number of aryl methyl sites for hydroxylation is 2. The van der Waals surface area contributed by atoms with Crippen LogP contribution in [0.15, 0.2) is 30.3 Å². The Balaban J connectivity index is 1.84. The van der Waals surface area contributed by atoms with E-state index in [1.165, 1.54) is 0 Å². The molecule has 1 N–H and O–H groups in total. The zero-order valence-electron chi connectivity index (χ0n) is 15.3. The lowest BCUT2D eigenvalue weighted by atomic mass is 10.2. The average molecular weight is 412 g/mol. The molecule has 0 radical (unpaired) electrons. The first-order chi connectivity index (χ1) is 13.1. The summed E-state index contributed by atoms with van der Waals surface area (Å²) in [4.78, 5) is 12.4. The maximum Gasteiger partial charge on any atom is 0.433 e. The Bertz CT molecular complexity index is 1040. The maximum atomic E-state index is 12.9. The fourth-order valence-electron chi connectivity index (χ4n) is 2.84. The highest BCUT2D eigenvalue weighted by Crippen LogP contribution is 2.29. The van der Waals surface area contributed by atoms with Crippen molar-refractivity contribution in [3.05, 3.63) is 63.7 Å². The van der Waals surface area contributed by atoms with Crippen molar-refractivity contribution >= 4 is 23.2 Å². The fraction of sp³-hybridized carbons (Fsp3) is 0.278. The summed E-state index contributed by atoms with van der Waals surface area (Å²) in [7, 11) is 1.14. The summed E-state index contributed by atoms with van der Waals surface area (Å²) in [5.74, 6) is -0.741. The molecule has 0 unspecified atom stereocenters. The molecular weight excluding hydrogens is 395 g/mol. The van der Waals surface area contributed by atoms with Crippen molar-refractivity contribution in [1.29, 1.82) is 0 Å². The molecule has 28 heavy (non-hydrogen) atoms. The van der Waals surface area contributed by atoms with E-state index in [1.54, 1.807) is 24.6 Å². The van der Waals surface area contributed by atoms with E-state index in [0.29, 0.717) is 39.4 Å².